The number of ether oxygens (including phenoxy) is 1. The van der Waals surface area contributed by atoms with Crippen molar-refractivity contribution >= 4 is 5.96 Å². The Balaban J connectivity index is 1.56. The van der Waals surface area contributed by atoms with Crippen molar-refractivity contribution in [3.8, 4) is 0 Å². The summed E-state index contributed by atoms with van der Waals surface area (Å²) in [7, 11) is 1.98. The summed E-state index contributed by atoms with van der Waals surface area (Å²) in [6.07, 6.45) is 9.60. The van der Waals surface area contributed by atoms with Gasteiger partial charge in [0.15, 0.2) is 5.96 Å². The van der Waals surface area contributed by atoms with E-state index in [0.29, 0.717) is 5.92 Å². The van der Waals surface area contributed by atoms with Crippen LogP contribution in [-0.4, -0.2) is 60.0 Å². The maximum Gasteiger partial charge on any atom is 0.193 e. The topological polar surface area (TPSA) is 54.7 Å². The van der Waals surface area contributed by atoms with Gasteiger partial charge < -0.3 is 15.0 Å². The van der Waals surface area contributed by atoms with E-state index in [1.54, 1.807) is 0 Å². The Labute approximate surface area is 144 Å². The van der Waals surface area contributed by atoms with Crippen molar-refractivity contribution in [1.29, 1.82) is 0 Å². The number of rotatable bonds is 5. The van der Waals surface area contributed by atoms with Crippen molar-refractivity contribution < 1.29 is 4.74 Å². The van der Waals surface area contributed by atoms with Gasteiger partial charge in [0.05, 0.1) is 19.4 Å². The SMILES string of the molecule is CCNC(=NCCC1=CCOCC1)N1CCC(c2cnn(C)c2)C1. The molecule has 1 fully saturated rings. The predicted molar refractivity (Wildman–Crippen MR) is 96.3 cm³/mol. The van der Waals surface area contributed by atoms with E-state index in [0.717, 1.165) is 58.2 Å². The normalized spacial score (nSPS) is 21.9. The Bertz CT molecular complexity index is 592. The van der Waals surface area contributed by atoms with E-state index < -0.39 is 0 Å². The Hall–Kier alpha value is -1.82. The highest BCUT2D eigenvalue weighted by Crippen LogP contribution is 2.26. The molecule has 6 heteroatoms. The van der Waals surface area contributed by atoms with E-state index in [4.69, 9.17) is 9.73 Å². The summed E-state index contributed by atoms with van der Waals surface area (Å²) in [6.45, 7) is 7.58. The zero-order valence-corrected chi connectivity index (χ0v) is 14.9. The summed E-state index contributed by atoms with van der Waals surface area (Å²) in [5.41, 5.74) is 2.82. The number of likely N-dealkylation sites (tertiary alicyclic amines) is 1. The van der Waals surface area contributed by atoms with Gasteiger partial charge in [0.1, 0.15) is 0 Å². The zero-order valence-electron chi connectivity index (χ0n) is 14.9. The van der Waals surface area contributed by atoms with Crippen molar-refractivity contribution in [1.82, 2.24) is 20.0 Å². The Kier molecular flexibility index (Phi) is 5.91. The van der Waals surface area contributed by atoms with Gasteiger partial charge in [-0.2, -0.15) is 5.10 Å². The highest BCUT2D eigenvalue weighted by atomic mass is 16.5. The summed E-state index contributed by atoms with van der Waals surface area (Å²) < 4.78 is 7.25. The summed E-state index contributed by atoms with van der Waals surface area (Å²) >= 11 is 0. The van der Waals surface area contributed by atoms with Crippen LogP contribution in [0.4, 0.5) is 0 Å². The molecule has 24 heavy (non-hydrogen) atoms. The molecule has 1 aromatic rings. The third-order valence-corrected chi connectivity index (χ3v) is 4.77. The van der Waals surface area contributed by atoms with Crippen LogP contribution in [0.5, 0.6) is 0 Å². The lowest BCUT2D eigenvalue weighted by molar-refractivity contribution is 0.153. The average molecular weight is 331 g/mol. The van der Waals surface area contributed by atoms with E-state index in [1.807, 2.05) is 17.9 Å². The van der Waals surface area contributed by atoms with Crippen molar-refractivity contribution in [3.05, 3.63) is 29.6 Å². The lowest BCUT2D eigenvalue weighted by Crippen LogP contribution is -2.40. The molecule has 1 atom stereocenters. The minimum atomic E-state index is 0.556. The Morgan fingerprint density at radius 2 is 2.42 bits per heavy atom. The van der Waals surface area contributed by atoms with Crippen molar-refractivity contribution in [3.63, 3.8) is 0 Å². The van der Waals surface area contributed by atoms with E-state index >= 15 is 0 Å². The van der Waals surface area contributed by atoms with Crippen molar-refractivity contribution in [2.24, 2.45) is 12.0 Å². The minimum Gasteiger partial charge on any atom is -0.377 e. The average Bonchev–Trinajstić information content (AvgIpc) is 3.24. The highest BCUT2D eigenvalue weighted by Gasteiger charge is 2.26. The lowest BCUT2D eigenvalue weighted by atomic mass is 10.0. The lowest BCUT2D eigenvalue weighted by Gasteiger charge is -2.22. The van der Waals surface area contributed by atoms with Crippen LogP contribution in [0.15, 0.2) is 29.0 Å². The van der Waals surface area contributed by atoms with Gasteiger partial charge in [0, 0.05) is 45.3 Å². The molecule has 0 radical (unpaired) electrons. The van der Waals surface area contributed by atoms with E-state index in [2.05, 4.69) is 34.5 Å². The van der Waals surface area contributed by atoms with E-state index in [9.17, 15) is 0 Å². The van der Waals surface area contributed by atoms with Crippen LogP contribution in [0.2, 0.25) is 0 Å². The van der Waals surface area contributed by atoms with E-state index in [1.165, 1.54) is 17.6 Å². The van der Waals surface area contributed by atoms with Crippen molar-refractivity contribution in [2.75, 3.05) is 39.4 Å². The van der Waals surface area contributed by atoms with E-state index in [-0.39, 0.29) is 0 Å². The molecule has 0 aromatic carbocycles. The van der Waals surface area contributed by atoms with Crippen LogP contribution in [-0.2, 0) is 11.8 Å². The highest BCUT2D eigenvalue weighted by molar-refractivity contribution is 5.80. The monoisotopic (exact) mass is 331 g/mol. The second-order valence-corrected chi connectivity index (χ2v) is 6.55. The fraction of sp³-hybridized carbons (Fsp3) is 0.667. The molecule has 1 N–H and O–H groups in total. The second-order valence-electron chi connectivity index (χ2n) is 6.55. The maximum absolute atomic E-state index is 5.36. The number of aryl methyl sites for hydroxylation is 1. The molecule has 0 bridgehead atoms. The molecule has 2 aliphatic heterocycles. The predicted octanol–water partition coefficient (Wildman–Crippen LogP) is 1.91. The molecule has 0 aliphatic carbocycles. The molecule has 6 nitrogen and oxygen atoms in total. The summed E-state index contributed by atoms with van der Waals surface area (Å²) in [5.74, 6) is 1.61. The number of hydrogen-bond acceptors (Lipinski definition) is 3. The van der Waals surface area contributed by atoms with Gasteiger partial charge in [-0.15, -0.1) is 0 Å². The van der Waals surface area contributed by atoms with Crippen LogP contribution >= 0.6 is 0 Å². The smallest absolute Gasteiger partial charge is 0.193 e. The summed E-state index contributed by atoms with van der Waals surface area (Å²) in [5, 5.41) is 7.76. The molecule has 0 saturated carbocycles. The van der Waals surface area contributed by atoms with Gasteiger partial charge in [-0.25, -0.2) is 0 Å². The number of nitrogens with one attached hydrogen (secondary N) is 1. The molecule has 1 saturated heterocycles. The molecule has 132 valence electrons. The molecule has 1 aromatic heterocycles. The molecule has 2 aliphatic rings. The Morgan fingerprint density at radius 3 is 3.12 bits per heavy atom. The molecule has 1 unspecified atom stereocenters. The van der Waals surface area contributed by atoms with Crippen LogP contribution in [0, 0.1) is 0 Å². The maximum atomic E-state index is 5.36. The molecule has 3 heterocycles. The van der Waals surface area contributed by atoms with Gasteiger partial charge in [-0.05, 0) is 31.7 Å². The quantitative estimate of drug-likeness (QED) is 0.509. The number of nitrogens with zero attached hydrogens (tertiary/aromatic N) is 4. The van der Waals surface area contributed by atoms with Crippen LogP contribution in [0.3, 0.4) is 0 Å². The molecule has 3 rings (SSSR count). The third-order valence-electron chi connectivity index (χ3n) is 4.77. The number of aliphatic imine (C=N–C) groups is 1. The van der Waals surface area contributed by atoms with Gasteiger partial charge in [-0.3, -0.25) is 9.67 Å². The summed E-state index contributed by atoms with van der Waals surface area (Å²) in [6, 6.07) is 0. The van der Waals surface area contributed by atoms with Gasteiger partial charge in [0.2, 0.25) is 0 Å². The molecular weight excluding hydrogens is 302 g/mol. The molecule has 0 spiro atoms. The van der Waals surface area contributed by atoms with Gasteiger partial charge >= 0.3 is 0 Å². The van der Waals surface area contributed by atoms with Crippen LogP contribution < -0.4 is 5.32 Å². The Morgan fingerprint density at radius 1 is 1.50 bits per heavy atom. The van der Waals surface area contributed by atoms with Crippen LogP contribution in [0.1, 0.15) is 37.7 Å². The summed E-state index contributed by atoms with van der Waals surface area (Å²) in [4.78, 5) is 7.24. The first-order valence-corrected chi connectivity index (χ1v) is 9.03. The number of guanidine groups is 1. The fourth-order valence-corrected chi connectivity index (χ4v) is 3.40. The van der Waals surface area contributed by atoms with Gasteiger partial charge in [0.25, 0.3) is 0 Å². The first kappa shape index (κ1) is 17.0. The van der Waals surface area contributed by atoms with Crippen molar-refractivity contribution in [2.45, 2.75) is 32.1 Å². The largest absolute Gasteiger partial charge is 0.377 e. The fourth-order valence-electron chi connectivity index (χ4n) is 3.40. The first-order valence-electron chi connectivity index (χ1n) is 9.03. The number of hydrogen-bond donors (Lipinski definition) is 1. The van der Waals surface area contributed by atoms with Crippen LogP contribution in [0.25, 0.3) is 0 Å². The second kappa shape index (κ2) is 8.33. The minimum absolute atomic E-state index is 0.556. The standard InChI is InChI=1S/C18H29N5O/c1-3-19-18(20-8-4-15-6-10-24-11-7-15)23-9-5-16(14-23)17-12-21-22(2)13-17/h6,12-13,16H,3-5,7-11,14H2,1-2H3,(H,19,20). The zero-order chi connectivity index (χ0) is 16.8. The molecular formula is C18H29N5O. The number of aromatic nitrogens is 2. The third kappa shape index (κ3) is 4.38. The molecule has 0 amide bonds. The van der Waals surface area contributed by atoms with Gasteiger partial charge in [-0.1, -0.05) is 11.6 Å². The first-order chi connectivity index (χ1) is 11.8.